The maximum absolute atomic E-state index is 5.12. The molecule has 4 heteroatoms. The fourth-order valence-corrected chi connectivity index (χ4v) is 7.54. The number of thiophene rings is 1. The van der Waals surface area contributed by atoms with E-state index in [1.807, 2.05) is 35.6 Å². The molecule has 0 aliphatic carbocycles. The van der Waals surface area contributed by atoms with Crippen molar-refractivity contribution in [3.63, 3.8) is 0 Å². The number of hydrogen-bond acceptors (Lipinski definition) is 3. The number of para-hydroxylation sites is 1. The Bertz CT molecular complexity index is 2420. The summed E-state index contributed by atoms with van der Waals surface area (Å²) < 4.78 is 5.03. The Morgan fingerprint density at radius 1 is 0.455 bits per heavy atom. The molecule has 6 aromatic carbocycles. The molecule has 0 aliphatic heterocycles. The number of rotatable bonds is 4. The van der Waals surface area contributed by atoms with E-state index in [2.05, 4.69) is 132 Å². The van der Waals surface area contributed by atoms with Crippen molar-refractivity contribution in [2.45, 2.75) is 0 Å². The molecule has 0 aliphatic rings. The van der Waals surface area contributed by atoms with Crippen molar-refractivity contribution < 1.29 is 0 Å². The van der Waals surface area contributed by atoms with Crippen LogP contribution in [0, 0.1) is 0 Å². The van der Waals surface area contributed by atoms with Gasteiger partial charge in [-0.1, -0.05) is 121 Å². The summed E-state index contributed by atoms with van der Waals surface area (Å²) in [5.74, 6) is 0.724. The lowest BCUT2D eigenvalue weighted by Crippen LogP contribution is -1.96. The van der Waals surface area contributed by atoms with Gasteiger partial charge in [0.05, 0.1) is 27.1 Å². The zero-order valence-corrected chi connectivity index (χ0v) is 24.5. The van der Waals surface area contributed by atoms with E-state index in [-0.39, 0.29) is 0 Å². The van der Waals surface area contributed by atoms with E-state index < -0.39 is 0 Å². The van der Waals surface area contributed by atoms with Gasteiger partial charge in [-0.15, -0.1) is 11.3 Å². The monoisotopic (exact) mass is 579 g/mol. The Labute approximate surface area is 258 Å². The lowest BCUT2D eigenvalue weighted by molar-refractivity contribution is 1.18. The summed E-state index contributed by atoms with van der Waals surface area (Å²) in [6.45, 7) is 0. The molecule has 44 heavy (non-hydrogen) atoms. The first kappa shape index (κ1) is 25.0. The molecular weight excluding hydrogens is 555 g/mol. The number of aromatic nitrogens is 3. The average Bonchev–Trinajstić information content (AvgIpc) is 3.64. The molecule has 0 unspecified atom stereocenters. The third-order valence-corrected chi connectivity index (χ3v) is 9.59. The highest BCUT2D eigenvalue weighted by Crippen LogP contribution is 2.45. The SMILES string of the molecule is c1ccc(-c2cc(-c3ccc4sc5c6ccc7ccccc7c6n(-c6ccccc6)c5c4c3)nc(-c3ccccc3)n2)cc1. The summed E-state index contributed by atoms with van der Waals surface area (Å²) in [4.78, 5) is 10.1. The van der Waals surface area contributed by atoms with E-state index in [1.54, 1.807) is 0 Å². The third-order valence-electron chi connectivity index (χ3n) is 8.39. The van der Waals surface area contributed by atoms with Gasteiger partial charge in [0, 0.05) is 43.2 Å². The van der Waals surface area contributed by atoms with Gasteiger partial charge >= 0.3 is 0 Å². The summed E-state index contributed by atoms with van der Waals surface area (Å²) in [5.41, 5.74) is 8.62. The van der Waals surface area contributed by atoms with Gasteiger partial charge in [0.25, 0.3) is 0 Å². The van der Waals surface area contributed by atoms with Gasteiger partial charge in [0.1, 0.15) is 0 Å². The molecule has 0 spiro atoms. The fraction of sp³-hybridized carbons (Fsp3) is 0. The molecular formula is C40H25N3S. The normalized spacial score (nSPS) is 11.6. The second-order valence-corrected chi connectivity index (χ2v) is 12.1. The molecule has 9 aromatic rings. The molecule has 0 saturated carbocycles. The molecule has 0 fully saturated rings. The zero-order valence-electron chi connectivity index (χ0n) is 23.7. The number of benzene rings is 6. The molecule has 0 N–H and O–H groups in total. The molecule has 3 aromatic heterocycles. The zero-order chi connectivity index (χ0) is 29.0. The van der Waals surface area contributed by atoms with Crippen LogP contribution >= 0.6 is 11.3 Å². The van der Waals surface area contributed by atoms with Crippen molar-refractivity contribution in [2.24, 2.45) is 0 Å². The molecule has 3 heterocycles. The molecule has 0 radical (unpaired) electrons. The highest BCUT2D eigenvalue weighted by Gasteiger charge is 2.20. The van der Waals surface area contributed by atoms with Crippen LogP contribution in [0.1, 0.15) is 0 Å². The van der Waals surface area contributed by atoms with Crippen LogP contribution in [0.25, 0.3) is 81.6 Å². The van der Waals surface area contributed by atoms with Crippen LogP contribution in [-0.2, 0) is 0 Å². The van der Waals surface area contributed by atoms with Gasteiger partial charge in [-0.25, -0.2) is 9.97 Å². The summed E-state index contributed by atoms with van der Waals surface area (Å²) in [6.07, 6.45) is 0. The Balaban J connectivity index is 1.34. The maximum Gasteiger partial charge on any atom is 0.160 e. The lowest BCUT2D eigenvalue weighted by Gasteiger charge is -2.11. The molecule has 0 amide bonds. The van der Waals surface area contributed by atoms with Crippen molar-refractivity contribution in [3.8, 4) is 39.6 Å². The van der Waals surface area contributed by atoms with Gasteiger partial charge in [-0.2, -0.15) is 0 Å². The van der Waals surface area contributed by atoms with Crippen LogP contribution in [0.4, 0.5) is 0 Å². The molecule has 206 valence electrons. The summed E-state index contributed by atoms with van der Waals surface area (Å²) >= 11 is 1.87. The molecule has 3 nitrogen and oxygen atoms in total. The minimum Gasteiger partial charge on any atom is -0.307 e. The van der Waals surface area contributed by atoms with Crippen molar-refractivity contribution >= 4 is 53.3 Å². The number of fused-ring (bicyclic) bond motifs is 7. The first-order chi connectivity index (χ1) is 21.8. The molecule has 0 saturated heterocycles. The maximum atomic E-state index is 5.12. The summed E-state index contributed by atoms with van der Waals surface area (Å²) in [5, 5.41) is 5.02. The van der Waals surface area contributed by atoms with E-state index in [9.17, 15) is 0 Å². The minimum absolute atomic E-state index is 0.724. The predicted octanol–water partition coefficient (Wildman–Crippen LogP) is 10.9. The van der Waals surface area contributed by atoms with Crippen molar-refractivity contribution in [1.29, 1.82) is 0 Å². The molecule has 0 bridgehead atoms. The lowest BCUT2D eigenvalue weighted by atomic mass is 10.0. The first-order valence-electron chi connectivity index (χ1n) is 14.8. The van der Waals surface area contributed by atoms with Gasteiger partial charge in [-0.05, 0) is 35.7 Å². The smallest absolute Gasteiger partial charge is 0.160 e. The van der Waals surface area contributed by atoms with Gasteiger partial charge in [0.2, 0.25) is 0 Å². The van der Waals surface area contributed by atoms with E-state index in [0.29, 0.717) is 0 Å². The Morgan fingerprint density at radius 3 is 1.89 bits per heavy atom. The second kappa shape index (κ2) is 10.0. The molecule has 9 rings (SSSR count). The average molecular weight is 580 g/mol. The molecule has 0 atom stereocenters. The van der Waals surface area contributed by atoms with E-state index >= 15 is 0 Å². The van der Waals surface area contributed by atoms with Crippen LogP contribution in [-0.4, -0.2) is 14.5 Å². The predicted molar refractivity (Wildman–Crippen MR) is 186 cm³/mol. The van der Waals surface area contributed by atoms with E-state index in [0.717, 1.165) is 39.6 Å². The van der Waals surface area contributed by atoms with Gasteiger partial charge in [0.15, 0.2) is 5.82 Å². The van der Waals surface area contributed by atoms with Crippen LogP contribution in [0.3, 0.4) is 0 Å². The van der Waals surface area contributed by atoms with Crippen molar-refractivity contribution in [2.75, 3.05) is 0 Å². The topological polar surface area (TPSA) is 30.7 Å². The Hall–Kier alpha value is -5.58. The van der Waals surface area contributed by atoms with Crippen LogP contribution in [0.15, 0.2) is 152 Å². The Kier molecular flexibility index (Phi) is 5.68. The number of nitrogens with zero attached hydrogens (tertiary/aromatic N) is 3. The summed E-state index contributed by atoms with van der Waals surface area (Å²) in [6, 6.07) is 53.5. The van der Waals surface area contributed by atoms with E-state index in [1.165, 1.54) is 42.0 Å². The van der Waals surface area contributed by atoms with Crippen LogP contribution in [0.5, 0.6) is 0 Å². The quantitative estimate of drug-likeness (QED) is 0.208. The highest BCUT2D eigenvalue weighted by molar-refractivity contribution is 7.26. The third kappa shape index (κ3) is 3.96. The minimum atomic E-state index is 0.724. The van der Waals surface area contributed by atoms with Crippen molar-refractivity contribution in [1.82, 2.24) is 14.5 Å². The standard InChI is InChI=1S/C40H25N3S/c1-4-13-27(14-5-1)34-25-35(42-40(41-34)28-15-6-2-7-16-28)29-21-23-36-33(24-29)38-39(44-36)32-22-20-26-12-10-11-19-31(26)37(32)43(38)30-17-8-3-9-18-30/h1-25H. The summed E-state index contributed by atoms with van der Waals surface area (Å²) in [7, 11) is 0. The van der Waals surface area contributed by atoms with Gasteiger partial charge in [-0.3, -0.25) is 0 Å². The first-order valence-corrected chi connectivity index (χ1v) is 15.6. The van der Waals surface area contributed by atoms with Crippen LogP contribution < -0.4 is 0 Å². The Morgan fingerprint density at radius 2 is 1.11 bits per heavy atom. The van der Waals surface area contributed by atoms with E-state index in [4.69, 9.17) is 9.97 Å². The van der Waals surface area contributed by atoms with Gasteiger partial charge < -0.3 is 4.57 Å². The van der Waals surface area contributed by atoms with Crippen LogP contribution in [0.2, 0.25) is 0 Å². The second-order valence-electron chi connectivity index (χ2n) is 11.0. The fourth-order valence-electron chi connectivity index (χ4n) is 6.34. The van der Waals surface area contributed by atoms with Crippen molar-refractivity contribution in [3.05, 3.63) is 152 Å². The highest BCUT2D eigenvalue weighted by atomic mass is 32.1. The largest absolute Gasteiger partial charge is 0.307 e. The number of hydrogen-bond donors (Lipinski definition) is 0.